The van der Waals surface area contributed by atoms with Gasteiger partial charge in [0.05, 0.1) is 0 Å². The van der Waals surface area contributed by atoms with Crippen LogP contribution in [0.2, 0.25) is 0 Å². The van der Waals surface area contributed by atoms with E-state index >= 15 is 0 Å². The van der Waals surface area contributed by atoms with Crippen LogP contribution in [0.15, 0.2) is 0 Å². The lowest BCUT2D eigenvalue weighted by Gasteiger charge is -2.38. The summed E-state index contributed by atoms with van der Waals surface area (Å²) in [6.45, 7) is 4.67. The molecule has 0 bridgehead atoms. The number of aromatic nitrogens is 1. The van der Waals surface area contributed by atoms with Crippen LogP contribution in [-0.4, -0.2) is 40.9 Å². The average Bonchev–Trinajstić information content (AvgIpc) is 2.85. The Bertz CT molecular complexity index is 458. The van der Waals surface area contributed by atoms with Crippen LogP contribution in [0.3, 0.4) is 0 Å². The van der Waals surface area contributed by atoms with E-state index in [0.29, 0.717) is 24.2 Å². The molecule has 6 heteroatoms. The molecule has 1 aromatic heterocycles. The van der Waals surface area contributed by atoms with Crippen LogP contribution in [0.25, 0.3) is 0 Å². The Hall–Kier alpha value is -1.30. The Morgan fingerprint density at radius 2 is 2.29 bits per heavy atom. The molecular weight excluding hydrogens is 236 g/mol. The van der Waals surface area contributed by atoms with Gasteiger partial charge in [0.15, 0.2) is 0 Å². The fraction of sp³-hybridized carbons (Fsp3) is 0.636. The van der Waals surface area contributed by atoms with E-state index in [1.54, 1.807) is 0 Å². The molecule has 2 N–H and O–H groups in total. The molecule has 1 aromatic rings. The van der Waals surface area contributed by atoms with Gasteiger partial charge in [-0.05, 0) is 24.9 Å². The van der Waals surface area contributed by atoms with Crippen LogP contribution < -0.4 is 10.6 Å². The molecule has 92 valence electrons. The van der Waals surface area contributed by atoms with E-state index in [1.807, 2.05) is 11.8 Å². The van der Waals surface area contributed by atoms with Crippen LogP contribution in [0.4, 0.5) is 10.8 Å². The summed E-state index contributed by atoms with van der Waals surface area (Å²) in [7, 11) is 0. The molecule has 0 saturated carbocycles. The summed E-state index contributed by atoms with van der Waals surface area (Å²) in [4.78, 5) is 15.9. The summed E-state index contributed by atoms with van der Waals surface area (Å²) in [5.41, 5.74) is 6.86. The minimum absolute atomic E-state index is 0.315. The van der Waals surface area contributed by atoms with Gasteiger partial charge < -0.3 is 15.5 Å². The van der Waals surface area contributed by atoms with E-state index in [4.69, 9.17) is 5.73 Å². The normalized spacial score (nSPS) is 24.3. The number of rotatable bonds is 1. The van der Waals surface area contributed by atoms with Gasteiger partial charge in [-0.1, -0.05) is 0 Å². The van der Waals surface area contributed by atoms with Crippen LogP contribution in [0.5, 0.6) is 0 Å². The number of nitrogen functional groups attached to an aromatic ring is 1. The number of piperazine rings is 1. The van der Waals surface area contributed by atoms with Gasteiger partial charge in [0.1, 0.15) is 10.8 Å². The molecule has 0 spiro atoms. The lowest BCUT2D eigenvalue weighted by Crippen LogP contribution is -2.51. The molecule has 0 aliphatic carbocycles. The number of hydrogen-bond donors (Lipinski definition) is 1. The molecule has 3 heterocycles. The highest BCUT2D eigenvalue weighted by Crippen LogP contribution is 2.33. The van der Waals surface area contributed by atoms with Gasteiger partial charge in [0.2, 0.25) is 5.91 Å². The summed E-state index contributed by atoms with van der Waals surface area (Å²) in [5, 5.41) is 1.17. The number of anilines is 2. The van der Waals surface area contributed by atoms with Gasteiger partial charge in [-0.25, -0.2) is 0 Å². The summed E-state index contributed by atoms with van der Waals surface area (Å²) in [6, 6.07) is 0.388. The van der Waals surface area contributed by atoms with Crippen LogP contribution in [0, 0.1) is 6.92 Å². The zero-order valence-electron chi connectivity index (χ0n) is 9.85. The molecule has 0 aromatic carbocycles. The topological polar surface area (TPSA) is 62.5 Å². The third-order valence-electron chi connectivity index (χ3n) is 3.72. The first kappa shape index (κ1) is 10.8. The largest absolute Gasteiger partial charge is 0.383 e. The van der Waals surface area contributed by atoms with E-state index in [2.05, 4.69) is 9.27 Å². The van der Waals surface area contributed by atoms with E-state index in [-0.39, 0.29) is 0 Å². The molecule has 0 radical (unpaired) electrons. The number of amides is 1. The second-order valence-corrected chi connectivity index (χ2v) is 5.48. The number of fused-ring (bicyclic) bond motifs is 1. The number of carbonyl (C=O) groups excluding carboxylic acids is 1. The Morgan fingerprint density at radius 3 is 3.00 bits per heavy atom. The maximum Gasteiger partial charge on any atom is 0.223 e. The van der Waals surface area contributed by atoms with Crippen molar-refractivity contribution in [3.05, 3.63) is 5.56 Å². The highest BCUT2D eigenvalue weighted by atomic mass is 32.1. The predicted molar refractivity (Wildman–Crippen MR) is 68.2 cm³/mol. The average molecular weight is 252 g/mol. The first-order valence-electron chi connectivity index (χ1n) is 5.93. The van der Waals surface area contributed by atoms with Gasteiger partial charge in [0, 0.05) is 37.7 Å². The zero-order chi connectivity index (χ0) is 12.0. The van der Waals surface area contributed by atoms with Gasteiger partial charge in [-0.15, -0.1) is 0 Å². The molecule has 2 saturated heterocycles. The van der Waals surface area contributed by atoms with Gasteiger partial charge in [0.25, 0.3) is 0 Å². The highest BCUT2D eigenvalue weighted by molar-refractivity contribution is 7.10. The maximum absolute atomic E-state index is 11.6. The maximum atomic E-state index is 11.6. The first-order valence-corrected chi connectivity index (χ1v) is 6.70. The summed E-state index contributed by atoms with van der Waals surface area (Å²) in [6.07, 6.45) is 1.70. The van der Waals surface area contributed by atoms with Gasteiger partial charge in [-0.2, -0.15) is 4.37 Å². The Kier molecular flexibility index (Phi) is 2.47. The van der Waals surface area contributed by atoms with Crippen molar-refractivity contribution in [2.45, 2.75) is 25.8 Å². The third-order valence-corrected chi connectivity index (χ3v) is 4.74. The molecule has 2 aliphatic heterocycles. The van der Waals surface area contributed by atoms with Crippen LogP contribution in [-0.2, 0) is 4.79 Å². The summed E-state index contributed by atoms with van der Waals surface area (Å²) < 4.78 is 4.19. The summed E-state index contributed by atoms with van der Waals surface area (Å²) in [5.74, 6) is 0.949. The van der Waals surface area contributed by atoms with Crippen molar-refractivity contribution in [3.8, 4) is 0 Å². The Morgan fingerprint density at radius 1 is 1.47 bits per heavy atom. The fourth-order valence-corrected chi connectivity index (χ4v) is 3.53. The molecule has 2 fully saturated rings. The molecule has 17 heavy (non-hydrogen) atoms. The zero-order valence-corrected chi connectivity index (χ0v) is 10.7. The second kappa shape index (κ2) is 3.87. The van der Waals surface area contributed by atoms with Crippen molar-refractivity contribution in [1.82, 2.24) is 9.27 Å². The quantitative estimate of drug-likeness (QED) is 0.804. The molecule has 2 aliphatic rings. The highest BCUT2D eigenvalue weighted by Gasteiger charge is 2.36. The fourth-order valence-electron chi connectivity index (χ4n) is 2.68. The van der Waals surface area contributed by atoms with Crippen molar-refractivity contribution >= 4 is 28.3 Å². The van der Waals surface area contributed by atoms with Crippen molar-refractivity contribution in [1.29, 1.82) is 0 Å². The molecule has 1 unspecified atom stereocenters. The first-order chi connectivity index (χ1) is 8.16. The number of nitrogens with two attached hydrogens (primary N) is 1. The van der Waals surface area contributed by atoms with Crippen molar-refractivity contribution < 1.29 is 4.79 Å². The Balaban J connectivity index is 1.79. The van der Waals surface area contributed by atoms with Crippen molar-refractivity contribution in [2.24, 2.45) is 0 Å². The molecule has 1 atom stereocenters. The molecule has 3 rings (SSSR count). The van der Waals surface area contributed by atoms with E-state index in [0.717, 1.165) is 31.6 Å². The second-order valence-electron chi connectivity index (χ2n) is 4.72. The van der Waals surface area contributed by atoms with E-state index < -0.39 is 0 Å². The van der Waals surface area contributed by atoms with Gasteiger partial charge >= 0.3 is 0 Å². The standard InChI is InChI=1S/C11H16N4OS/c1-7-10(12)13-17-11(7)14-4-5-15-8(6-14)2-3-9(15)16/h8H,2-6H2,1H3,(H2,12,13). The minimum Gasteiger partial charge on any atom is -0.383 e. The monoisotopic (exact) mass is 252 g/mol. The number of carbonyl (C=O) groups is 1. The summed E-state index contributed by atoms with van der Waals surface area (Å²) >= 11 is 1.47. The molecular formula is C11H16N4OS. The lowest BCUT2D eigenvalue weighted by atomic mass is 10.1. The predicted octanol–water partition coefficient (Wildman–Crippen LogP) is 0.845. The van der Waals surface area contributed by atoms with E-state index in [9.17, 15) is 4.79 Å². The number of hydrogen-bond acceptors (Lipinski definition) is 5. The lowest BCUT2D eigenvalue weighted by molar-refractivity contribution is -0.129. The van der Waals surface area contributed by atoms with Crippen LogP contribution >= 0.6 is 11.5 Å². The van der Waals surface area contributed by atoms with Gasteiger partial charge in [-0.3, -0.25) is 4.79 Å². The number of nitrogens with zero attached hydrogens (tertiary/aromatic N) is 3. The smallest absolute Gasteiger partial charge is 0.223 e. The van der Waals surface area contributed by atoms with Crippen molar-refractivity contribution in [2.75, 3.05) is 30.3 Å². The van der Waals surface area contributed by atoms with Crippen LogP contribution in [0.1, 0.15) is 18.4 Å². The van der Waals surface area contributed by atoms with E-state index in [1.165, 1.54) is 16.5 Å². The third kappa shape index (κ3) is 1.67. The molecule has 5 nitrogen and oxygen atoms in total. The van der Waals surface area contributed by atoms with Crippen molar-refractivity contribution in [3.63, 3.8) is 0 Å². The Labute approximate surface area is 104 Å². The molecule has 1 amide bonds. The minimum atomic E-state index is 0.315. The SMILES string of the molecule is Cc1c(N)nsc1N1CCN2C(=O)CCC2C1.